The highest BCUT2D eigenvalue weighted by Crippen LogP contribution is 2.38. The van der Waals surface area contributed by atoms with Crippen molar-refractivity contribution < 1.29 is 31.5 Å². The van der Waals surface area contributed by atoms with E-state index in [1.165, 1.54) is 16.6 Å². The number of rotatable bonds is 6. The number of carboxylic acid groups (broad SMARTS) is 1. The molecule has 3 aromatic heterocycles. The highest BCUT2D eigenvalue weighted by Gasteiger charge is 2.40. The van der Waals surface area contributed by atoms with Gasteiger partial charge in [-0.2, -0.15) is 17.5 Å². The Hall–Kier alpha value is -4.04. The molecular weight excluding hydrogens is 597 g/mol. The number of halogens is 3. The minimum atomic E-state index is -4.71. The molecule has 14 heteroatoms. The number of aliphatic carboxylic acids is 1. The molecule has 0 spiro atoms. The van der Waals surface area contributed by atoms with Gasteiger partial charge in [0.25, 0.3) is 0 Å². The smallest absolute Gasteiger partial charge is 0.452 e. The summed E-state index contributed by atoms with van der Waals surface area (Å²) in [6.45, 7) is 4.53. The highest BCUT2D eigenvalue weighted by molar-refractivity contribution is 7.89. The van der Waals surface area contributed by atoms with Crippen LogP contribution in [0.3, 0.4) is 0 Å². The van der Waals surface area contributed by atoms with Gasteiger partial charge in [0.05, 0.1) is 6.42 Å². The maximum Gasteiger partial charge on any atom is 0.452 e. The van der Waals surface area contributed by atoms with Crippen molar-refractivity contribution in [3.8, 4) is 0 Å². The third-order valence-corrected chi connectivity index (χ3v) is 10.5. The summed E-state index contributed by atoms with van der Waals surface area (Å²) in [6.07, 6.45) is 0.544. The number of anilines is 1. The van der Waals surface area contributed by atoms with Crippen molar-refractivity contribution >= 4 is 27.5 Å². The van der Waals surface area contributed by atoms with Crippen LogP contribution in [-0.2, 0) is 27.5 Å². The summed E-state index contributed by atoms with van der Waals surface area (Å²) in [4.78, 5) is 18.7. The van der Waals surface area contributed by atoms with Gasteiger partial charge in [-0.05, 0) is 79.1 Å². The molecule has 0 saturated carbocycles. The number of hydrogen-bond acceptors (Lipinski definition) is 7. The maximum absolute atomic E-state index is 14.0. The van der Waals surface area contributed by atoms with Crippen LogP contribution >= 0.6 is 0 Å². The average molecular weight is 629 g/mol. The van der Waals surface area contributed by atoms with Gasteiger partial charge in [-0.3, -0.25) is 9.20 Å². The van der Waals surface area contributed by atoms with Crippen molar-refractivity contribution in [1.29, 1.82) is 0 Å². The summed E-state index contributed by atoms with van der Waals surface area (Å²) in [5, 5.41) is 16.9. The van der Waals surface area contributed by atoms with Crippen LogP contribution in [0.2, 0.25) is 0 Å². The molecule has 0 unspecified atom stereocenters. The molecule has 0 radical (unpaired) electrons. The molecule has 0 amide bonds. The summed E-state index contributed by atoms with van der Waals surface area (Å²) in [6, 6.07) is 10.0. The Bertz CT molecular complexity index is 1860. The lowest BCUT2D eigenvalue weighted by Crippen LogP contribution is -2.45. The number of aromatic nitrogens is 4. The van der Waals surface area contributed by atoms with Crippen LogP contribution in [0.25, 0.3) is 5.65 Å². The predicted molar refractivity (Wildman–Crippen MR) is 155 cm³/mol. The van der Waals surface area contributed by atoms with Gasteiger partial charge in [0.2, 0.25) is 15.8 Å². The van der Waals surface area contributed by atoms with Gasteiger partial charge in [0.15, 0.2) is 5.65 Å². The van der Waals surface area contributed by atoms with E-state index in [0.29, 0.717) is 28.1 Å². The van der Waals surface area contributed by atoms with Crippen LogP contribution in [0.5, 0.6) is 0 Å². The number of piperidine rings is 1. The van der Waals surface area contributed by atoms with Gasteiger partial charge in [-0.1, -0.05) is 18.2 Å². The molecule has 2 aliphatic rings. The lowest BCUT2D eigenvalue weighted by molar-refractivity contribution is -0.145. The summed E-state index contributed by atoms with van der Waals surface area (Å²) < 4.78 is 70.7. The zero-order valence-corrected chi connectivity index (χ0v) is 24.9. The molecule has 10 nitrogen and oxygen atoms in total. The minimum Gasteiger partial charge on any atom is -0.481 e. The van der Waals surface area contributed by atoms with E-state index < -0.39 is 33.9 Å². The van der Waals surface area contributed by atoms with Crippen LogP contribution in [0.15, 0.2) is 53.7 Å². The maximum atomic E-state index is 14.0. The molecule has 1 N–H and O–H groups in total. The quantitative estimate of drug-likeness (QED) is 0.319. The number of hydrogen-bond donors (Lipinski definition) is 1. The molecule has 1 fully saturated rings. The zero-order chi connectivity index (χ0) is 31.4. The molecule has 2 atom stereocenters. The van der Waals surface area contributed by atoms with Crippen LogP contribution in [0, 0.1) is 13.8 Å². The number of carbonyl (C=O) groups is 1. The third kappa shape index (κ3) is 5.30. The Morgan fingerprint density at radius 1 is 1.14 bits per heavy atom. The number of alkyl halides is 3. The summed E-state index contributed by atoms with van der Waals surface area (Å²) in [5.74, 6) is -2.52. The molecular formula is C30H31F3N6O4S. The molecule has 0 aliphatic carbocycles. The van der Waals surface area contributed by atoms with Gasteiger partial charge in [-0.25, -0.2) is 13.4 Å². The fourth-order valence-electron chi connectivity index (χ4n) is 6.41. The second-order valence-electron chi connectivity index (χ2n) is 11.4. The van der Waals surface area contributed by atoms with E-state index in [1.807, 2.05) is 13.0 Å². The lowest BCUT2D eigenvalue weighted by Gasteiger charge is -2.36. The monoisotopic (exact) mass is 628 g/mol. The van der Waals surface area contributed by atoms with Crippen molar-refractivity contribution in [1.82, 2.24) is 23.9 Å². The number of nitrogens with zero attached hydrogens (tertiary/aromatic N) is 6. The summed E-state index contributed by atoms with van der Waals surface area (Å²) in [5.41, 5.74) is 2.99. The van der Waals surface area contributed by atoms with E-state index in [1.54, 1.807) is 37.4 Å². The topological polar surface area (TPSA) is 121 Å². The van der Waals surface area contributed by atoms with Crippen LogP contribution in [-0.4, -0.2) is 62.5 Å². The lowest BCUT2D eigenvalue weighted by atomic mass is 9.85. The summed E-state index contributed by atoms with van der Waals surface area (Å²) >= 11 is 0. The Morgan fingerprint density at radius 2 is 1.93 bits per heavy atom. The van der Waals surface area contributed by atoms with E-state index in [4.69, 9.17) is 0 Å². The van der Waals surface area contributed by atoms with Crippen molar-refractivity contribution in [3.05, 3.63) is 82.4 Å². The van der Waals surface area contributed by atoms with Gasteiger partial charge in [-0.15, -0.1) is 10.2 Å². The van der Waals surface area contributed by atoms with Crippen molar-refractivity contribution in [2.45, 2.75) is 69.1 Å². The number of fused-ring (bicyclic) bond motifs is 4. The van der Waals surface area contributed by atoms with E-state index in [-0.39, 0.29) is 36.1 Å². The Kier molecular flexibility index (Phi) is 7.60. The van der Waals surface area contributed by atoms with E-state index in [0.717, 1.165) is 35.8 Å². The standard InChI is InChI=1S/C30H31F3N6O4S/c1-18-8-9-20(24(15-26(40)41)23-10-13-39-27(19(23)2)35-36-29(39)30(31,32)33)14-21(18)16-37-17-22-6-3-4-12-38(22)28-25(44(37,42)43)7-5-11-34-28/h5,7-11,13-14,22,24H,3-4,6,12,15-17H2,1-2H3,(H,40,41)/t22-,24-/m1/s1. The van der Waals surface area contributed by atoms with Crippen molar-refractivity contribution in [2.24, 2.45) is 0 Å². The summed E-state index contributed by atoms with van der Waals surface area (Å²) in [7, 11) is -3.91. The number of carboxylic acids is 1. The normalized spacial score (nSPS) is 19.3. The first-order valence-electron chi connectivity index (χ1n) is 14.3. The fraction of sp³-hybridized carbons (Fsp3) is 0.400. The molecule has 6 rings (SSSR count). The fourth-order valence-corrected chi connectivity index (χ4v) is 8.02. The van der Waals surface area contributed by atoms with Crippen LogP contribution < -0.4 is 4.90 Å². The van der Waals surface area contributed by atoms with E-state index in [2.05, 4.69) is 20.1 Å². The Balaban J connectivity index is 1.40. The van der Waals surface area contributed by atoms with Gasteiger partial charge >= 0.3 is 12.1 Å². The number of aryl methyl sites for hydroxylation is 2. The molecule has 4 aromatic rings. The van der Waals surface area contributed by atoms with Crippen molar-refractivity contribution in [2.75, 3.05) is 18.0 Å². The van der Waals surface area contributed by atoms with Gasteiger partial charge in [0, 0.05) is 44.0 Å². The second-order valence-corrected chi connectivity index (χ2v) is 13.3. The highest BCUT2D eigenvalue weighted by atomic mass is 32.2. The van der Waals surface area contributed by atoms with Gasteiger partial charge < -0.3 is 10.0 Å². The Morgan fingerprint density at radius 3 is 2.68 bits per heavy atom. The largest absolute Gasteiger partial charge is 0.481 e. The molecule has 0 bridgehead atoms. The predicted octanol–water partition coefficient (Wildman–Crippen LogP) is 4.93. The minimum absolute atomic E-state index is 0.0162. The molecule has 44 heavy (non-hydrogen) atoms. The SMILES string of the molecule is Cc1ccc([C@@H](CC(=O)O)c2ccn3c(C(F)(F)F)nnc3c2C)cc1CN1C[C@H]2CCCCN2c2ncccc2S1(=O)=O. The zero-order valence-electron chi connectivity index (χ0n) is 24.1. The third-order valence-electron chi connectivity index (χ3n) is 8.68. The van der Waals surface area contributed by atoms with Crippen LogP contribution in [0.1, 0.15) is 65.2 Å². The molecule has 232 valence electrons. The molecule has 5 heterocycles. The van der Waals surface area contributed by atoms with E-state index in [9.17, 15) is 31.5 Å². The van der Waals surface area contributed by atoms with Gasteiger partial charge in [0.1, 0.15) is 10.7 Å². The number of benzene rings is 1. The molecule has 2 aliphatic heterocycles. The molecule has 1 saturated heterocycles. The molecule has 1 aromatic carbocycles. The van der Waals surface area contributed by atoms with Crippen molar-refractivity contribution in [3.63, 3.8) is 0 Å². The second kappa shape index (κ2) is 11.1. The van der Waals surface area contributed by atoms with E-state index >= 15 is 0 Å². The van der Waals surface area contributed by atoms with Crippen LogP contribution in [0.4, 0.5) is 19.0 Å². The Labute approximate surface area is 252 Å². The number of sulfonamides is 1. The first kappa shape index (κ1) is 30.0. The number of pyridine rings is 2. The first-order chi connectivity index (χ1) is 20.9. The average Bonchev–Trinajstić information content (AvgIpc) is 3.40. The first-order valence-corrected chi connectivity index (χ1v) is 15.7.